The number of carboxylic acid groups (broad SMARTS) is 1. The first-order valence-electron chi connectivity index (χ1n) is 5.78. The van der Waals surface area contributed by atoms with Crippen LogP contribution in [0.25, 0.3) is 0 Å². The summed E-state index contributed by atoms with van der Waals surface area (Å²) in [6.07, 6.45) is -0.209. The third-order valence-corrected chi connectivity index (χ3v) is 2.25. The molecule has 8 heteroatoms. The van der Waals surface area contributed by atoms with Gasteiger partial charge < -0.3 is 26.2 Å². The van der Waals surface area contributed by atoms with Crippen molar-refractivity contribution < 1.29 is 24.6 Å². The Morgan fingerprint density at radius 3 is 2.26 bits per heavy atom. The molecule has 0 spiro atoms. The summed E-state index contributed by atoms with van der Waals surface area (Å²) in [5, 5.41) is 20.7. The van der Waals surface area contributed by atoms with Gasteiger partial charge in [-0.15, -0.1) is 0 Å². The summed E-state index contributed by atoms with van der Waals surface area (Å²) < 4.78 is 0. The minimum atomic E-state index is -1.24. The topological polar surface area (TPSA) is 133 Å². The number of aliphatic hydroxyl groups is 1. The van der Waals surface area contributed by atoms with Crippen LogP contribution < -0.4 is 11.1 Å². The Morgan fingerprint density at radius 2 is 1.89 bits per heavy atom. The lowest BCUT2D eigenvalue weighted by Gasteiger charge is -2.27. The van der Waals surface area contributed by atoms with Crippen LogP contribution in [0.15, 0.2) is 0 Å². The summed E-state index contributed by atoms with van der Waals surface area (Å²) >= 11 is 0. The first-order chi connectivity index (χ1) is 8.53. The number of amides is 3. The number of nitrogens with one attached hydrogen (secondary N) is 1. The van der Waals surface area contributed by atoms with Crippen molar-refractivity contribution in [2.75, 3.05) is 13.6 Å². The highest BCUT2D eigenvalue weighted by Gasteiger charge is 2.24. The summed E-state index contributed by atoms with van der Waals surface area (Å²) in [5.74, 6) is -1.88. The van der Waals surface area contributed by atoms with Gasteiger partial charge in [0, 0.05) is 13.5 Å². The fourth-order valence-electron chi connectivity index (χ4n) is 1.46. The molecule has 0 saturated carbocycles. The molecular formula is C11H21N3O5. The zero-order chi connectivity index (χ0) is 15.2. The predicted molar refractivity (Wildman–Crippen MR) is 67.3 cm³/mol. The molecule has 0 saturated heterocycles. The SMILES string of the molecule is CN(CC(C)(C)O)C(=O)NC(CCC(N)=O)C(=O)O. The van der Waals surface area contributed by atoms with E-state index >= 15 is 0 Å². The fraction of sp³-hybridized carbons (Fsp3) is 0.727. The van der Waals surface area contributed by atoms with Crippen LogP contribution in [0.3, 0.4) is 0 Å². The standard InChI is InChI=1S/C11H21N3O5/c1-11(2,19)6-14(3)10(18)13-7(9(16)17)4-5-8(12)15/h7,19H,4-6H2,1-3H3,(H2,12,15)(H,13,18)(H,16,17). The third-order valence-electron chi connectivity index (χ3n) is 2.25. The van der Waals surface area contributed by atoms with Crippen molar-refractivity contribution in [3.63, 3.8) is 0 Å². The van der Waals surface area contributed by atoms with E-state index < -0.39 is 29.6 Å². The van der Waals surface area contributed by atoms with Gasteiger partial charge in [-0.05, 0) is 20.3 Å². The van der Waals surface area contributed by atoms with Gasteiger partial charge in [0.1, 0.15) is 6.04 Å². The number of urea groups is 1. The number of carbonyl (C=O) groups excluding carboxylic acids is 2. The van der Waals surface area contributed by atoms with E-state index in [0.717, 1.165) is 0 Å². The van der Waals surface area contributed by atoms with E-state index in [2.05, 4.69) is 5.32 Å². The maximum Gasteiger partial charge on any atom is 0.326 e. The van der Waals surface area contributed by atoms with E-state index in [9.17, 15) is 19.5 Å². The summed E-state index contributed by atoms with van der Waals surface area (Å²) in [4.78, 5) is 34.4. The number of hydrogen-bond acceptors (Lipinski definition) is 4. The zero-order valence-corrected chi connectivity index (χ0v) is 11.3. The minimum absolute atomic E-state index is 0.0427. The number of primary amides is 1. The molecule has 0 heterocycles. The largest absolute Gasteiger partial charge is 0.480 e. The van der Waals surface area contributed by atoms with Gasteiger partial charge in [0.15, 0.2) is 0 Å². The number of carbonyl (C=O) groups is 3. The Bertz CT molecular complexity index is 351. The van der Waals surface area contributed by atoms with Gasteiger partial charge in [-0.3, -0.25) is 4.79 Å². The Hall–Kier alpha value is -1.83. The van der Waals surface area contributed by atoms with Crippen LogP contribution in [0.5, 0.6) is 0 Å². The highest BCUT2D eigenvalue weighted by Crippen LogP contribution is 2.04. The Labute approximate surface area is 111 Å². The molecule has 0 aliphatic carbocycles. The Morgan fingerprint density at radius 1 is 1.37 bits per heavy atom. The lowest BCUT2D eigenvalue weighted by molar-refractivity contribution is -0.139. The van der Waals surface area contributed by atoms with Crippen LogP contribution >= 0.6 is 0 Å². The molecule has 110 valence electrons. The number of likely N-dealkylation sites (N-methyl/N-ethyl adjacent to an activating group) is 1. The maximum absolute atomic E-state index is 11.7. The molecule has 0 fully saturated rings. The smallest absolute Gasteiger partial charge is 0.326 e. The number of aliphatic carboxylic acids is 1. The van der Waals surface area contributed by atoms with E-state index in [1.165, 1.54) is 25.8 Å². The molecule has 0 aromatic carbocycles. The number of nitrogens with zero attached hydrogens (tertiary/aromatic N) is 1. The summed E-state index contributed by atoms with van der Waals surface area (Å²) in [6.45, 7) is 3.10. The minimum Gasteiger partial charge on any atom is -0.480 e. The molecule has 0 aromatic rings. The van der Waals surface area contributed by atoms with Crippen molar-refractivity contribution >= 4 is 17.9 Å². The van der Waals surface area contributed by atoms with Gasteiger partial charge in [0.2, 0.25) is 5.91 Å². The van der Waals surface area contributed by atoms with E-state index in [0.29, 0.717) is 0 Å². The maximum atomic E-state index is 11.7. The fourth-order valence-corrected chi connectivity index (χ4v) is 1.46. The van der Waals surface area contributed by atoms with E-state index in [1.54, 1.807) is 0 Å². The molecule has 0 rings (SSSR count). The second kappa shape index (κ2) is 6.93. The van der Waals surface area contributed by atoms with Crippen LogP contribution in [0, 0.1) is 0 Å². The predicted octanol–water partition coefficient (Wildman–Crippen LogP) is -0.883. The quantitative estimate of drug-likeness (QED) is 0.478. The zero-order valence-electron chi connectivity index (χ0n) is 11.3. The van der Waals surface area contributed by atoms with Crippen LogP contribution in [0.1, 0.15) is 26.7 Å². The van der Waals surface area contributed by atoms with Crippen molar-refractivity contribution in [1.82, 2.24) is 10.2 Å². The van der Waals surface area contributed by atoms with Crippen molar-refractivity contribution in [2.45, 2.75) is 38.3 Å². The Kier molecular flexibility index (Phi) is 6.26. The van der Waals surface area contributed by atoms with Gasteiger partial charge in [-0.25, -0.2) is 9.59 Å². The highest BCUT2D eigenvalue weighted by molar-refractivity contribution is 5.83. The molecule has 0 bridgehead atoms. The number of nitrogens with two attached hydrogens (primary N) is 1. The van der Waals surface area contributed by atoms with Crippen LogP contribution in [0.2, 0.25) is 0 Å². The van der Waals surface area contributed by atoms with E-state index in [-0.39, 0.29) is 19.4 Å². The third kappa shape index (κ3) is 7.98. The first kappa shape index (κ1) is 17.2. The van der Waals surface area contributed by atoms with E-state index in [4.69, 9.17) is 10.8 Å². The molecule has 19 heavy (non-hydrogen) atoms. The normalized spacial score (nSPS) is 12.6. The van der Waals surface area contributed by atoms with Crippen LogP contribution in [-0.2, 0) is 9.59 Å². The highest BCUT2D eigenvalue weighted by atomic mass is 16.4. The van der Waals surface area contributed by atoms with Crippen molar-refractivity contribution in [3.05, 3.63) is 0 Å². The molecule has 5 N–H and O–H groups in total. The average molecular weight is 275 g/mol. The van der Waals surface area contributed by atoms with Crippen molar-refractivity contribution in [3.8, 4) is 0 Å². The number of rotatable bonds is 7. The van der Waals surface area contributed by atoms with Gasteiger partial charge in [-0.1, -0.05) is 0 Å². The molecule has 3 amide bonds. The van der Waals surface area contributed by atoms with Crippen LogP contribution in [0.4, 0.5) is 4.79 Å². The second-order valence-corrected chi connectivity index (χ2v) is 5.01. The molecule has 0 aliphatic heterocycles. The molecule has 0 aromatic heterocycles. The van der Waals surface area contributed by atoms with E-state index in [1.807, 2.05) is 0 Å². The summed E-state index contributed by atoms with van der Waals surface area (Å²) in [6, 6.07) is -1.83. The lowest BCUT2D eigenvalue weighted by atomic mass is 10.1. The first-order valence-corrected chi connectivity index (χ1v) is 5.78. The van der Waals surface area contributed by atoms with Gasteiger partial charge in [0.05, 0.1) is 12.1 Å². The van der Waals surface area contributed by atoms with Crippen LogP contribution in [-0.4, -0.2) is 58.3 Å². The number of carboxylic acids is 1. The Balaban J connectivity index is 4.46. The molecule has 8 nitrogen and oxygen atoms in total. The monoisotopic (exact) mass is 275 g/mol. The van der Waals surface area contributed by atoms with Gasteiger partial charge in [-0.2, -0.15) is 0 Å². The van der Waals surface area contributed by atoms with Crippen molar-refractivity contribution in [1.29, 1.82) is 0 Å². The van der Waals surface area contributed by atoms with Crippen molar-refractivity contribution in [2.24, 2.45) is 5.73 Å². The van der Waals surface area contributed by atoms with Gasteiger partial charge in [0.25, 0.3) is 0 Å². The molecular weight excluding hydrogens is 254 g/mol. The summed E-state index contributed by atoms with van der Waals surface area (Å²) in [5.41, 5.74) is 3.84. The average Bonchev–Trinajstić information content (AvgIpc) is 2.20. The number of hydrogen-bond donors (Lipinski definition) is 4. The molecule has 0 radical (unpaired) electrons. The molecule has 0 aliphatic rings. The lowest BCUT2D eigenvalue weighted by Crippen LogP contribution is -2.50. The summed E-state index contributed by atoms with van der Waals surface area (Å²) in [7, 11) is 1.43. The molecule has 1 atom stereocenters. The van der Waals surface area contributed by atoms with Gasteiger partial charge >= 0.3 is 12.0 Å². The second-order valence-electron chi connectivity index (χ2n) is 5.01. The molecule has 1 unspecified atom stereocenters.